The highest BCUT2D eigenvalue weighted by atomic mass is 35.5. The van der Waals surface area contributed by atoms with Crippen molar-refractivity contribution in [3.8, 4) is 0 Å². The number of benzene rings is 2. The lowest BCUT2D eigenvalue weighted by Gasteiger charge is -2.06. The lowest BCUT2D eigenvalue weighted by Crippen LogP contribution is -2.25. The summed E-state index contributed by atoms with van der Waals surface area (Å²) >= 11 is 5.84. The van der Waals surface area contributed by atoms with Gasteiger partial charge in [0.15, 0.2) is 0 Å². The van der Waals surface area contributed by atoms with Crippen molar-refractivity contribution in [1.82, 2.24) is 9.55 Å². The first kappa shape index (κ1) is 14.3. The van der Waals surface area contributed by atoms with Crippen LogP contribution in [0.5, 0.6) is 0 Å². The normalized spacial score (nSPS) is 10.8. The molecular weight excluding hydrogens is 309 g/mol. The van der Waals surface area contributed by atoms with Crippen LogP contribution in [0.1, 0.15) is 0 Å². The van der Waals surface area contributed by atoms with E-state index in [4.69, 9.17) is 11.6 Å². The summed E-state index contributed by atoms with van der Waals surface area (Å²) in [6.45, 7) is -0.184. The number of H-pyrrole nitrogens is 1. The van der Waals surface area contributed by atoms with E-state index in [-0.39, 0.29) is 12.5 Å². The highest BCUT2D eigenvalue weighted by Crippen LogP contribution is 2.15. The molecule has 2 aromatic carbocycles. The van der Waals surface area contributed by atoms with Gasteiger partial charge >= 0.3 is 5.69 Å². The average Bonchev–Trinajstić information content (AvgIpc) is 2.74. The third-order valence-electron chi connectivity index (χ3n) is 3.15. The highest BCUT2D eigenvalue weighted by molar-refractivity contribution is 6.30. The first-order valence-electron chi connectivity index (χ1n) is 6.46. The van der Waals surface area contributed by atoms with Crippen LogP contribution in [0.3, 0.4) is 0 Å². The molecule has 22 heavy (non-hydrogen) atoms. The van der Waals surface area contributed by atoms with Gasteiger partial charge in [0.1, 0.15) is 12.4 Å². The fraction of sp³-hybridized carbons (Fsp3) is 0.0667. The molecule has 0 aliphatic carbocycles. The maximum Gasteiger partial charge on any atom is 0.326 e. The van der Waals surface area contributed by atoms with Crippen LogP contribution in [0.2, 0.25) is 5.02 Å². The number of imidazole rings is 1. The number of aromatic amines is 1. The Balaban J connectivity index is 1.85. The number of hydrogen-bond donors (Lipinski definition) is 2. The monoisotopic (exact) mass is 319 g/mol. The summed E-state index contributed by atoms with van der Waals surface area (Å²) in [6, 6.07) is 10.6. The predicted octanol–water partition coefficient (Wildman–Crippen LogP) is 2.76. The van der Waals surface area contributed by atoms with E-state index in [0.717, 1.165) is 0 Å². The Labute approximate surface area is 129 Å². The molecule has 5 nitrogen and oxygen atoms in total. The Morgan fingerprint density at radius 3 is 2.86 bits per heavy atom. The van der Waals surface area contributed by atoms with Gasteiger partial charge in [-0.1, -0.05) is 17.7 Å². The van der Waals surface area contributed by atoms with Gasteiger partial charge in [-0.3, -0.25) is 9.36 Å². The number of carbonyl (C=O) groups excluding carboxylic acids is 1. The zero-order valence-corrected chi connectivity index (χ0v) is 12.0. The Bertz CT molecular complexity index is 917. The SMILES string of the molecule is O=C(Cn1c(=O)[nH]c2cc(F)ccc21)Nc1cccc(Cl)c1. The number of halogens is 2. The van der Waals surface area contributed by atoms with Crippen LogP contribution in [-0.4, -0.2) is 15.5 Å². The summed E-state index contributed by atoms with van der Waals surface area (Å²) < 4.78 is 14.4. The van der Waals surface area contributed by atoms with Gasteiger partial charge in [-0.25, -0.2) is 9.18 Å². The zero-order chi connectivity index (χ0) is 15.7. The molecule has 7 heteroatoms. The van der Waals surface area contributed by atoms with Crippen molar-refractivity contribution in [2.75, 3.05) is 5.32 Å². The van der Waals surface area contributed by atoms with Gasteiger partial charge in [-0.2, -0.15) is 0 Å². The van der Waals surface area contributed by atoms with Gasteiger partial charge in [0.2, 0.25) is 5.91 Å². The molecule has 0 spiro atoms. The van der Waals surface area contributed by atoms with Crippen molar-refractivity contribution in [2.24, 2.45) is 0 Å². The smallest absolute Gasteiger partial charge is 0.324 e. The minimum Gasteiger partial charge on any atom is -0.324 e. The largest absolute Gasteiger partial charge is 0.326 e. The Morgan fingerprint density at radius 1 is 1.27 bits per heavy atom. The third-order valence-corrected chi connectivity index (χ3v) is 3.38. The zero-order valence-electron chi connectivity index (χ0n) is 11.3. The molecule has 112 valence electrons. The summed E-state index contributed by atoms with van der Waals surface area (Å²) in [6.07, 6.45) is 0. The van der Waals surface area contributed by atoms with Crippen molar-refractivity contribution >= 4 is 34.2 Å². The number of amides is 1. The number of nitrogens with zero attached hydrogens (tertiary/aromatic N) is 1. The fourth-order valence-electron chi connectivity index (χ4n) is 2.20. The molecule has 3 aromatic rings. The lowest BCUT2D eigenvalue weighted by atomic mass is 10.3. The molecule has 0 saturated heterocycles. The second-order valence-corrected chi connectivity index (χ2v) is 5.17. The minimum absolute atomic E-state index is 0.184. The van der Waals surface area contributed by atoms with Crippen molar-refractivity contribution in [1.29, 1.82) is 0 Å². The molecular formula is C15H11ClFN3O2. The topological polar surface area (TPSA) is 66.9 Å². The van der Waals surface area contributed by atoms with E-state index in [1.54, 1.807) is 24.3 Å². The first-order chi connectivity index (χ1) is 10.5. The van der Waals surface area contributed by atoms with Crippen molar-refractivity contribution in [3.05, 3.63) is 63.8 Å². The molecule has 0 fully saturated rings. The van der Waals surface area contributed by atoms with E-state index >= 15 is 0 Å². The average molecular weight is 320 g/mol. The Hall–Kier alpha value is -2.60. The number of fused-ring (bicyclic) bond motifs is 1. The molecule has 3 rings (SSSR count). The molecule has 0 saturated carbocycles. The molecule has 0 aliphatic heterocycles. The van der Waals surface area contributed by atoms with Crippen molar-refractivity contribution in [2.45, 2.75) is 6.54 Å². The van der Waals surface area contributed by atoms with Gasteiger partial charge in [-0.05, 0) is 36.4 Å². The number of hydrogen-bond acceptors (Lipinski definition) is 2. The van der Waals surface area contributed by atoms with Gasteiger partial charge < -0.3 is 10.3 Å². The first-order valence-corrected chi connectivity index (χ1v) is 6.84. The fourth-order valence-corrected chi connectivity index (χ4v) is 2.39. The minimum atomic E-state index is -0.471. The number of aromatic nitrogens is 2. The third kappa shape index (κ3) is 2.87. The predicted molar refractivity (Wildman–Crippen MR) is 82.6 cm³/mol. The van der Waals surface area contributed by atoms with Gasteiger partial charge in [0.25, 0.3) is 0 Å². The molecule has 1 amide bonds. The number of carbonyl (C=O) groups is 1. The van der Waals surface area contributed by atoms with Crippen LogP contribution < -0.4 is 11.0 Å². The molecule has 1 heterocycles. The summed E-state index contributed by atoms with van der Waals surface area (Å²) in [5.41, 5.74) is 0.881. The standard InChI is InChI=1S/C15H11ClFN3O2/c16-9-2-1-3-11(6-9)18-14(21)8-20-13-5-4-10(17)7-12(13)19-15(20)22/h1-7H,8H2,(H,18,21)(H,19,22). The number of nitrogens with one attached hydrogen (secondary N) is 2. The van der Waals surface area contributed by atoms with Crippen molar-refractivity contribution < 1.29 is 9.18 Å². The van der Waals surface area contributed by atoms with Gasteiger partial charge in [0.05, 0.1) is 11.0 Å². The van der Waals surface area contributed by atoms with Crippen LogP contribution >= 0.6 is 11.6 Å². The van der Waals surface area contributed by atoms with E-state index < -0.39 is 11.5 Å². The maximum absolute atomic E-state index is 13.1. The van der Waals surface area contributed by atoms with Crippen LogP contribution in [0.25, 0.3) is 11.0 Å². The summed E-state index contributed by atoms with van der Waals surface area (Å²) in [5.74, 6) is -0.834. The van der Waals surface area contributed by atoms with E-state index in [1.165, 1.54) is 22.8 Å². The summed E-state index contributed by atoms with van der Waals surface area (Å²) in [4.78, 5) is 26.4. The Kier molecular flexibility index (Phi) is 3.68. The second kappa shape index (κ2) is 5.65. The molecule has 1 aromatic heterocycles. The molecule has 0 aliphatic rings. The van der Waals surface area contributed by atoms with Crippen LogP contribution in [-0.2, 0) is 11.3 Å². The summed E-state index contributed by atoms with van der Waals surface area (Å²) in [5, 5.41) is 3.15. The molecule has 0 unspecified atom stereocenters. The van der Waals surface area contributed by atoms with Crippen molar-refractivity contribution in [3.63, 3.8) is 0 Å². The van der Waals surface area contributed by atoms with E-state index in [0.29, 0.717) is 21.7 Å². The van der Waals surface area contributed by atoms with E-state index in [1.807, 2.05) is 0 Å². The van der Waals surface area contributed by atoms with Crippen LogP contribution in [0, 0.1) is 5.82 Å². The van der Waals surface area contributed by atoms with Crippen LogP contribution in [0.4, 0.5) is 10.1 Å². The highest BCUT2D eigenvalue weighted by Gasteiger charge is 2.11. The molecule has 0 bridgehead atoms. The van der Waals surface area contributed by atoms with E-state index in [9.17, 15) is 14.0 Å². The summed E-state index contributed by atoms with van der Waals surface area (Å²) in [7, 11) is 0. The Morgan fingerprint density at radius 2 is 2.09 bits per heavy atom. The maximum atomic E-state index is 13.1. The second-order valence-electron chi connectivity index (χ2n) is 4.74. The van der Waals surface area contributed by atoms with Crippen LogP contribution in [0.15, 0.2) is 47.3 Å². The number of rotatable bonds is 3. The molecule has 2 N–H and O–H groups in total. The number of anilines is 1. The van der Waals surface area contributed by atoms with E-state index in [2.05, 4.69) is 10.3 Å². The van der Waals surface area contributed by atoms with Gasteiger partial charge in [-0.15, -0.1) is 0 Å². The van der Waals surface area contributed by atoms with Gasteiger partial charge in [0, 0.05) is 10.7 Å². The molecule has 0 atom stereocenters. The quantitative estimate of drug-likeness (QED) is 0.779. The molecule has 0 radical (unpaired) electrons. The lowest BCUT2D eigenvalue weighted by molar-refractivity contribution is -0.116.